The van der Waals surface area contributed by atoms with Gasteiger partial charge in [-0.1, -0.05) is 0 Å². The van der Waals surface area contributed by atoms with E-state index in [9.17, 15) is 9.59 Å². The van der Waals surface area contributed by atoms with Crippen molar-refractivity contribution in [3.05, 3.63) is 23.8 Å². The number of carboxylic acids is 1. The third kappa shape index (κ3) is 3.61. The first-order valence-corrected chi connectivity index (χ1v) is 5.96. The van der Waals surface area contributed by atoms with Crippen molar-refractivity contribution in [2.45, 2.75) is 13.0 Å². The minimum Gasteiger partial charge on any atom is -0.496 e. The number of urea groups is 1. The van der Waals surface area contributed by atoms with E-state index in [-0.39, 0.29) is 24.0 Å². The van der Waals surface area contributed by atoms with Crippen molar-refractivity contribution in [1.82, 2.24) is 4.90 Å². The Hall–Kier alpha value is -2.28. The number of hydrogen-bond acceptors (Lipinski definition) is 4. The van der Waals surface area contributed by atoms with Gasteiger partial charge in [-0.3, -0.25) is 0 Å². The zero-order chi connectivity index (χ0) is 15.3. The van der Waals surface area contributed by atoms with E-state index in [1.807, 2.05) is 0 Å². The van der Waals surface area contributed by atoms with E-state index < -0.39 is 12.0 Å². The van der Waals surface area contributed by atoms with Crippen LogP contribution < -0.4 is 10.1 Å². The number of hydrogen-bond donors (Lipinski definition) is 3. The monoisotopic (exact) mass is 282 g/mol. The molecule has 7 nitrogen and oxygen atoms in total. The van der Waals surface area contributed by atoms with Crippen molar-refractivity contribution in [3.8, 4) is 5.75 Å². The SMILES string of the molecule is COc1cc(NC(=O)N(C)C(C)CO)ccc1C(=O)O. The van der Waals surface area contributed by atoms with E-state index >= 15 is 0 Å². The number of aliphatic hydroxyl groups excluding tert-OH is 1. The smallest absolute Gasteiger partial charge is 0.339 e. The second kappa shape index (κ2) is 6.76. The van der Waals surface area contributed by atoms with Crippen molar-refractivity contribution < 1.29 is 24.5 Å². The third-order valence-corrected chi connectivity index (χ3v) is 2.93. The highest BCUT2D eigenvalue weighted by atomic mass is 16.5. The molecule has 0 bridgehead atoms. The lowest BCUT2D eigenvalue weighted by Gasteiger charge is -2.23. The fourth-order valence-corrected chi connectivity index (χ4v) is 1.48. The normalized spacial score (nSPS) is 11.6. The molecule has 0 saturated carbocycles. The Morgan fingerprint density at radius 1 is 1.45 bits per heavy atom. The van der Waals surface area contributed by atoms with Crippen LogP contribution in [-0.2, 0) is 0 Å². The molecular weight excluding hydrogens is 264 g/mol. The number of amides is 2. The Balaban J connectivity index is 2.88. The second-order valence-corrected chi connectivity index (χ2v) is 4.29. The van der Waals surface area contributed by atoms with Gasteiger partial charge in [0.1, 0.15) is 11.3 Å². The molecular formula is C13H18N2O5. The summed E-state index contributed by atoms with van der Waals surface area (Å²) in [4.78, 5) is 24.2. The molecule has 3 N–H and O–H groups in total. The molecule has 0 radical (unpaired) electrons. The van der Waals surface area contributed by atoms with Crippen LogP contribution in [0.3, 0.4) is 0 Å². The van der Waals surface area contributed by atoms with Gasteiger partial charge in [0.2, 0.25) is 0 Å². The molecule has 0 spiro atoms. The van der Waals surface area contributed by atoms with Crippen LogP contribution in [0.25, 0.3) is 0 Å². The van der Waals surface area contributed by atoms with Crippen LogP contribution >= 0.6 is 0 Å². The zero-order valence-corrected chi connectivity index (χ0v) is 11.6. The number of ether oxygens (including phenoxy) is 1. The summed E-state index contributed by atoms with van der Waals surface area (Å²) in [6.45, 7) is 1.55. The Kier molecular flexibility index (Phi) is 5.33. The van der Waals surface area contributed by atoms with Gasteiger partial charge in [0, 0.05) is 18.8 Å². The number of likely N-dealkylation sites (N-methyl/N-ethyl adjacent to an activating group) is 1. The van der Waals surface area contributed by atoms with Gasteiger partial charge in [-0.25, -0.2) is 9.59 Å². The van der Waals surface area contributed by atoms with Gasteiger partial charge in [-0.05, 0) is 19.1 Å². The molecule has 1 rings (SSSR count). The summed E-state index contributed by atoms with van der Waals surface area (Å²) >= 11 is 0. The molecule has 1 atom stereocenters. The Morgan fingerprint density at radius 2 is 2.10 bits per heavy atom. The first-order chi connectivity index (χ1) is 9.40. The summed E-state index contributed by atoms with van der Waals surface area (Å²) < 4.78 is 4.97. The predicted molar refractivity (Wildman–Crippen MR) is 73.3 cm³/mol. The van der Waals surface area contributed by atoms with E-state index in [0.717, 1.165) is 0 Å². The van der Waals surface area contributed by atoms with Crippen LogP contribution in [0.4, 0.5) is 10.5 Å². The minimum atomic E-state index is -1.11. The number of aliphatic hydroxyl groups is 1. The van der Waals surface area contributed by atoms with Crippen LogP contribution in [0, 0.1) is 0 Å². The van der Waals surface area contributed by atoms with Gasteiger partial charge >= 0.3 is 12.0 Å². The van der Waals surface area contributed by atoms with E-state index in [1.54, 1.807) is 14.0 Å². The van der Waals surface area contributed by atoms with E-state index in [0.29, 0.717) is 5.69 Å². The topological polar surface area (TPSA) is 99.1 Å². The number of carboxylic acid groups (broad SMARTS) is 1. The molecule has 0 fully saturated rings. The lowest BCUT2D eigenvalue weighted by molar-refractivity contribution is 0.0693. The largest absolute Gasteiger partial charge is 0.496 e. The van der Waals surface area contributed by atoms with Crippen LogP contribution in [0.15, 0.2) is 18.2 Å². The van der Waals surface area contributed by atoms with Gasteiger partial charge in [0.15, 0.2) is 0 Å². The van der Waals surface area contributed by atoms with Crippen LogP contribution in [0.5, 0.6) is 5.75 Å². The second-order valence-electron chi connectivity index (χ2n) is 4.29. The van der Waals surface area contributed by atoms with E-state index in [4.69, 9.17) is 14.9 Å². The predicted octanol–water partition coefficient (Wildman–Crippen LogP) is 1.24. The summed E-state index contributed by atoms with van der Waals surface area (Å²) in [6, 6.07) is 3.53. The lowest BCUT2D eigenvalue weighted by Crippen LogP contribution is -2.40. The van der Waals surface area contributed by atoms with Gasteiger partial charge in [-0.2, -0.15) is 0 Å². The van der Waals surface area contributed by atoms with Crippen LogP contribution in [0.2, 0.25) is 0 Å². The fourth-order valence-electron chi connectivity index (χ4n) is 1.48. The van der Waals surface area contributed by atoms with Gasteiger partial charge in [-0.15, -0.1) is 0 Å². The van der Waals surface area contributed by atoms with Crippen molar-refractivity contribution in [2.75, 3.05) is 26.1 Å². The molecule has 1 aromatic carbocycles. The van der Waals surface area contributed by atoms with Crippen molar-refractivity contribution in [2.24, 2.45) is 0 Å². The average Bonchev–Trinajstić information content (AvgIpc) is 2.44. The molecule has 0 aliphatic rings. The molecule has 7 heteroatoms. The number of nitrogens with zero attached hydrogens (tertiary/aromatic N) is 1. The number of nitrogens with one attached hydrogen (secondary N) is 1. The highest BCUT2D eigenvalue weighted by Gasteiger charge is 2.16. The molecule has 0 aliphatic heterocycles. The van der Waals surface area contributed by atoms with Crippen LogP contribution in [-0.4, -0.2) is 53.9 Å². The van der Waals surface area contributed by atoms with Crippen molar-refractivity contribution in [1.29, 1.82) is 0 Å². The number of carbonyl (C=O) groups excluding carboxylic acids is 1. The zero-order valence-electron chi connectivity index (χ0n) is 11.6. The number of benzene rings is 1. The number of anilines is 1. The van der Waals surface area contributed by atoms with Crippen molar-refractivity contribution >= 4 is 17.7 Å². The summed E-state index contributed by atoms with van der Waals surface area (Å²) in [6.07, 6.45) is 0. The van der Waals surface area contributed by atoms with E-state index in [1.165, 1.54) is 30.2 Å². The number of rotatable bonds is 5. The van der Waals surface area contributed by atoms with Gasteiger partial charge in [0.05, 0.1) is 19.8 Å². The maximum atomic E-state index is 11.9. The summed E-state index contributed by atoms with van der Waals surface area (Å²) in [5.74, 6) is -0.945. The van der Waals surface area contributed by atoms with Gasteiger partial charge in [0.25, 0.3) is 0 Å². The minimum absolute atomic E-state index is 0.0163. The lowest BCUT2D eigenvalue weighted by atomic mass is 10.2. The van der Waals surface area contributed by atoms with Gasteiger partial charge < -0.3 is 25.2 Å². The molecule has 0 aromatic heterocycles. The molecule has 2 amide bonds. The third-order valence-electron chi connectivity index (χ3n) is 2.93. The molecule has 20 heavy (non-hydrogen) atoms. The molecule has 0 heterocycles. The molecule has 1 aromatic rings. The Morgan fingerprint density at radius 3 is 2.60 bits per heavy atom. The first-order valence-electron chi connectivity index (χ1n) is 5.96. The fraction of sp³-hybridized carbons (Fsp3) is 0.385. The first kappa shape index (κ1) is 15.8. The summed E-state index contributed by atoms with van der Waals surface area (Å²) in [5, 5.41) is 20.6. The van der Waals surface area contributed by atoms with Crippen LogP contribution in [0.1, 0.15) is 17.3 Å². The Bertz CT molecular complexity index is 504. The number of methoxy groups -OCH3 is 1. The maximum absolute atomic E-state index is 11.9. The number of aromatic carboxylic acids is 1. The summed E-state index contributed by atoms with van der Waals surface area (Å²) in [5.41, 5.74) is 0.427. The molecule has 0 aliphatic carbocycles. The molecule has 0 saturated heterocycles. The summed E-state index contributed by atoms with van der Waals surface area (Å²) in [7, 11) is 2.91. The maximum Gasteiger partial charge on any atom is 0.339 e. The highest BCUT2D eigenvalue weighted by Crippen LogP contribution is 2.23. The highest BCUT2D eigenvalue weighted by molar-refractivity contribution is 5.94. The standard InChI is InChI=1S/C13H18N2O5/c1-8(7-16)15(2)13(19)14-9-4-5-10(12(17)18)11(6-9)20-3/h4-6,8,16H,7H2,1-3H3,(H,14,19)(H,17,18). The van der Waals surface area contributed by atoms with Crippen molar-refractivity contribution in [3.63, 3.8) is 0 Å². The molecule has 1 unspecified atom stereocenters. The quantitative estimate of drug-likeness (QED) is 0.754. The Labute approximate surface area is 116 Å². The molecule has 110 valence electrons. The average molecular weight is 282 g/mol. The van der Waals surface area contributed by atoms with E-state index in [2.05, 4.69) is 5.32 Å². The number of carbonyl (C=O) groups is 2.